The molecule has 126 valence electrons. The molecule has 0 bridgehead atoms. The fourth-order valence-corrected chi connectivity index (χ4v) is 4.44. The number of hydrogen-bond donors (Lipinski definition) is 2. The van der Waals surface area contributed by atoms with Gasteiger partial charge in [-0.1, -0.05) is 25.0 Å². The Labute approximate surface area is 141 Å². The first kappa shape index (κ1) is 15.2. The maximum absolute atomic E-state index is 12.8. The van der Waals surface area contributed by atoms with Crippen molar-refractivity contribution in [1.82, 2.24) is 15.5 Å². The third kappa shape index (κ3) is 2.68. The number of hydrogen-bond acceptors (Lipinski definition) is 3. The minimum absolute atomic E-state index is 0.0286. The summed E-state index contributed by atoms with van der Waals surface area (Å²) in [5, 5.41) is 10.3. The van der Waals surface area contributed by atoms with E-state index in [1.165, 1.54) is 25.7 Å². The Kier molecular flexibility index (Phi) is 4.00. The number of amides is 1. The molecule has 0 saturated heterocycles. The van der Waals surface area contributed by atoms with Crippen LogP contribution in [0.1, 0.15) is 42.5 Å². The third-order valence-corrected chi connectivity index (χ3v) is 5.64. The molecule has 5 heteroatoms. The van der Waals surface area contributed by atoms with Crippen LogP contribution < -0.4 is 10.1 Å². The predicted molar refractivity (Wildman–Crippen MR) is 91.9 cm³/mol. The summed E-state index contributed by atoms with van der Waals surface area (Å²) in [6.07, 6.45) is 7.87. The highest BCUT2D eigenvalue weighted by Crippen LogP contribution is 2.44. The molecule has 3 atom stereocenters. The van der Waals surface area contributed by atoms with E-state index in [1.54, 1.807) is 13.3 Å². The largest absolute Gasteiger partial charge is 0.497 e. The van der Waals surface area contributed by atoms with Crippen LogP contribution in [0, 0.1) is 11.8 Å². The fraction of sp³-hybridized carbons (Fsp3) is 0.474. The number of rotatable bonds is 4. The van der Waals surface area contributed by atoms with E-state index in [0.29, 0.717) is 17.5 Å². The second-order valence-electron chi connectivity index (χ2n) is 6.90. The summed E-state index contributed by atoms with van der Waals surface area (Å²) in [4.78, 5) is 12.8. The van der Waals surface area contributed by atoms with Crippen molar-refractivity contribution in [2.75, 3.05) is 7.11 Å². The van der Waals surface area contributed by atoms with E-state index in [9.17, 15) is 4.79 Å². The van der Waals surface area contributed by atoms with E-state index < -0.39 is 0 Å². The van der Waals surface area contributed by atoms with Crippen LogP contribution in [-0.4, -0.2) is 29.3 Å². The van der Waals surface area contributed by atoms with Crippen molar-refractivity contribution in [3.8, 4) is 17.0 Å². The monoisotopic (exact) mass is 325 g/mol. The smallest absolute Gasteiger partial charge is 0.255 e. The van der Waals surface area contributed by atoms with Gasteiger partial charge in [-0.3, -0.25) is 9.89 Å². The quantitative estimate of drug-likeness (QED) is 0.905. The zero-order valence-electron chi connectivity index (χ0n) is 13.9. The first-order chi connectivity index (χ1) is 11.8. The molecule has 1 heterocycles. The average Bonchev–Trinajstić information content (AvgIpc) is 3.33. The number of carbonyl (C=O) groups is 1. The molecule has 24 heavy (non-hydrogen) atoms. The summed E-state index contributed by atoms with van der Waals surface area (Å²) in [6.45, 7) is 0. The van der Waals surface area contributed by atoms with Gasteiger partial charge in [-0.2, -0.15) is 5.10 Å². The zero-order chi connectivity index (χ0) is 16.5. The second kappa shape index (κ2) is 6.30. The zero-order valence-corrected chi connectivity index (χ0v) is 13.9. The van der Waals surface area contributed by atoms with Crippen molar-refractivity contribution in [1.29, 1.82) is 0 Å². The van der Waals surface area contributed by atoms with Gasteiger partial charge in [0.2, 0.25) is 0 Å². The van der Waals surface area contributed by atoms with Crippen LogP contribution in [0.25, 0.3) is 11.3 Å². The standard InChI is InChI=1S/C19H23N3O2/c1-24-14-6-2-5-13(10-14)18-16(11-20-22-18)19(23)21-17-9-8-12-4-3-7-15(12)17/h2,5-6,10-12,15,17H,3-4,7-9H2,1H3,(H,20,22)(H,21,23)/t12-,15-,17-/m0/s1. The number of ether oxygens (including phenoxy) is 1. The third-order valence-electron chi connectivity index (χ3n) is 5.64. The predicted octanol–water partition coefficient (Wildman–Crippen LogP) is 3.39. The number of aromatic nitrogens is 2. The molecule has 2 aliphatic rings. The highest BCUT2D eigenvalue weighted by Gasteiger charge is 2.39. The first-order valence-electron chi connectivity index (χ1n) is 8.75. The van der Waals surface area contributed by atoms with Crippen molar-refractivity contribution in [3.05, 3.63) is 36.0 Å². The molecule has 0 spiro atoms. The molecule has 2 saturated carbocycles. The molecule has 5 nitrogen and oxygen atoms in total. The Morgan fingerprint density at radius 1 is 1.29 bits per heavy atom. The maximum Gasteiger partial charge on any atom is 0.255 e. The molecule has 4 rings (SSSR count). The van der Waals surface area contributed by atoms with Gasteiger partial charge in [0.05, 0.1) is 24.6 Å². The lowest BCUT2D eigenvalue weighted by Gasteiger charge is -2.20. The van der Waals surface area contributed by atoms with Crippen LogP contribution in [0.5, 0.6) is 5.75 Å². The topological polar surface area (TPSA) is 67.0 Å². The lowest BCUT2D eigenvalue weighted by molar-refractivity contribution is 0.0927. The number of fused-ring (bicyclic) bond motifs is 1. The summed E-state index contributed by atoms with van der Waals surface area (Å²) in [7, 11) is 1.64. The van der Waals surface area contributed by atoms with E-state index in [1.807, 2.05) is 24.3 Å². The summed E-state index contributed by atoms with van der Waals surface area (Å²) in [5.41, 5.74) is 2.25. The number of H-pyrrole nitrogens is 1. The van der Waals surface area contributed by atoms with Gasteiger partial charge in [-0.15, -0.1) is 0 Å². The normalized spacial score (nSPS) is 25.5. The van der Waals surface area contributed by atoms with E-state index in [-0.39, 0.29) is 5.91 Å². The van der Waals surface area contributed by atoms with Crippen LogP contribution in [0.4, 0.5) is 0 Å². The van der Waals surface area contributed by atoms with E-state index in [0.717, 1.165) is 29.3 Å². The molecule has 2 N–H and O–H groups in total. The summed E-state index contributed by atoms with van der Waals surface area (Å²) >= 11 is 0. The Bertz CT molecular complexity index is 740. The molecule has 0 radical (unpaired) electrons. The molecule has 2 aromatic rings. The fourth-order valence-electron chi connectivity index (χ4n) is 4.44. The molecule has 1 aromatic carbocycles. The van der Waals surface area contributed by atoms with Crippen molar-refractivity contribution in [2.24, 2.45) is 11.8 Å². The number of methoxy groups -OCH3 is 1. The van der Waals surface area contributed by atoms with Gasteiger partial charge < -0.3 is 10.1 Å². The Morgan fingerprint density at radius 3 is 3.08 bits per heavy atom. The minimum Gasteiger partial charge on any atom is -0.497 e. The Morgan fingerprint density at radius 2 is 2.21 bits per heavy atom. The molecule has 2 fully saturated rings. The van der Waals surface area contributed by atoms with E-state index >= 15 is 0 Å². The summed E-state index contributed by atoms with van der Waals surface area (Å²) in [6, 6.07) is 7.98. The Hall–Kier alpha value is -2.30. The highest BCUT2D eigenvalue weighted by molar-refractivity contribution is 6.00. The first-order valence-corrected chi connectivity index (χ1v) is 8.75. The lowest BCUT2D eigenvalue weighted by atomic mass is 9.97. The van der Waals surface area contributed by atoms with Gasteiger partial charge in [-0.25, -0.2) is 0 Å². The average molecular weight is 325 g/mol. The molecule has 1 amide bonds. The lowest BCUT2D eigenvalue weighted by Crippen LogP contribution is -2.37. The highest BCUT2D eigenvalue weighted by atomic mass is 16.5. The van der Waals surface area contributed by atoms with Crippen LogP contribution in [0.2, 0.25) is 0 Å². The maximum atomic E-state index is 12.8. The van der Waals surface area contributed by atoms with Crippen LogP contribution in [0.15, 0.2) is 30.5 Å². The van der Waals surface area contributed by atoms with Gasteiger partial charge in [0, 0.05) is 11.6 Å². The Balaban J connectivity index is 1.54. The molecule has 1 aromatic heterocycles. The number of carbonyl (C=O) groups excluding carboxylic acids is 1. The molecule has 0 unspecified atom stereocenters. The van der Waals surface area contributed by atoms with Crippen molar-refractivity contribution < 1.29 is 9.53 Å². The van der Waals surface area contributed by atoms with Gasteiger partial charge in [0.1, 0.15) is 5.75 Å². The summed E-state index contributed by atoms with van der Waals surface area (Å²) in [5.74, 6) is 2.22. The number of aromatic amines is 1. The van der Waals surface area contributed by atoms with Gasteiger partial charge in [-0.05, 0) is 43.2 Å². The molecular weight excluding hydrogens is 302 g/mol. The van der Waals surface area contributed by atoms with Gasteiger partial charge in [0.25, 0.3) is 5.91 Å². The second-order valence-corrected chi connectivity index (χ2v) is 6.90. The summed E-state index contributed by atoms with van der Waals surface area (Å²) < 4.78 is 5.27. The molecular formula is C19H23N3O2. The van der Waals surface area contributed by atoms with Crippen LogP contribution >= 0.6 is 0 Å². The van der Waals surface area contributed by atoms with Crippen molar-refractivity contribution >= 4 is 5.91 Å². The van der Waals surface area contributed by atoms with Crippen LogP contribution in [0.3, 0.4) is 0 Å². The van der Waals surface area contributed by atoms with Gasteiger partial charge >= 0.3 is 0 Å². The molecule has 2 aliphatic carbocycles. The van der Waals surface area contributed by atoms with Crippen molar-refractivity contribution in [2.45, 2.75) is 38.1 Å². The van der Waals surface area contributed by atoms with E-state index in [4.69, 9.17) is 4.74 Å². The number of nitrogens with zero attached hydrogens (tertiary/aromatic N) is 1. The van der Waals surface area contributed by atoms with Crippen molar-refractivity contribution in [3.63, 3.8) is 0 Å². The van der Waals surface area contributed by atoms with Crippen LogP contribution in [-0.2, 0) is 0 Å². The van der Waals surface area contributed by atoms with Gasteiger partial charge in [0.15, 0.2) is 0 Å². The molecule has 0 aliphatic heterocycles. The number of benzene rings is 1. The SMILES string of the molecule is COc1cccc(-c2[nH]ncc2C(=O)N[C@H]2CC[C@@H]3CCC[C@@H]32)c1. The number of nitrogens with one attached hydrogen (secondary N) is 2. The van der Waals surface area contributed by atoms with E-state index in [2.05, 4.69) is 15.5 Å². The minimum atomic E-state index is -0.0286.